The lowest BCUT2D eigenvalue weighted by Crippen LogP contribution is -2.21. The van der Waals surface area contributed by atoms with Crippen molar-refractivity contribution < 1.29 is 9.21 Å². The summed E-state index contributed by atoms with van der Waals surface area (Å²) in [6.07, 6.45) is 0. The number of carbonyl (C=O) groups is 1. The molecule has 0 fully saturated rings. The molecule has 0 bridgehead atoms. The maximum absolute atomic E-state index is 12.2. The maximum atomic E-state index is 12.2. The summed E-state index contributed by atoms with van der Waals surface area (Å²) in [5.41, 5.74) is 3.61. The van der Waals surface area contributed by atoms with Crippen LogP contribution < -0.4 is 10.2 Å². The Morgan fingerprint density at radius 3 is 2.52 bits per heavy atom. The second-order valence-electron chi connectivity index (χ2n) is 6.41. The molecule has 1 N–H and O–H groups in total. The normalized spacial score (nSPS) is 10.8. The van der Waals surface area contributed by atoms with Gasteiger partial charge in [-0.1, -0.05) is 29.4 Å². The molecular formula is C21H23ClN4O2S. The largest absolute Gasteiger partial charge is 0.411 e. The molecule has 0 aliphatic rings. The molecule has 8 heteroatoms. The second-order valence-corrected chi connectivity index (χ2v) is 7.75. The van der Waals surface area contributed by atoms with Gasteiger partial charge in [-0.25, -0.2) is 0 Å². The van der Waals surface area contributed by atoms with E-state index in [1.54, 1.807) is 12.1 Å². The summed E-state index contributed by atoms with van der Waals surface area (Å²) < 4.78 is 5.68. The molecule has 0 aliphatic heterocycles. The molecule has 1 heterocycles. The Bertz CT molecular complexity index is 971. The van der Waals surface area contributed by atoms with Crippen LogP contribution in [0.3, 0.4) is 0 Å². The van der Waals surface area contributed by atoms with Gasteiger partial charge in [0.25, 0.3) is 5.22 Å². The minimum absolute atomic E-state index is 0.146. The van der Waals surface area contributed by atoms with E-state index < -0.39 is 0 Å². The third kappa shape index (κ3) is 5.52. The Morgan fingerprint density at radius 2 is 1.86 bits per heavy atom. The van der Waals surface area contributed by atoms with Gasteiger partial charge in [0.05, 0.1) is 16.5 Å². The smallest absolute Gasteiger partial charge is 0.277 e. The SMILES string of the molecule is CCN(CC)c1ccc(-c2nnc(SCC(=O)Nc3ccc(C)cc3Cl)o2)cc1. The van der Waals surface area contributed by atoms with E-state index in [0.717, 1.165) is 29.9 Å². The number of nitrogens with zero attached hydrogens (tertiary/aromatic N) is 3. The number of anilines is 2. The zero-order valence-corrected chi connectivity index (χ0v) is 18.2. The molecule has 29 heavy (non-hydrogen) atoms. The van der Waals surface area contributed by atoms with Crippen LogP contribution in [0.1, 0.15) is 19.4 Å². The fraction of sp³-hybridized carbons (Fsp3) is 0.286. The van der Waals surface area contributed by atoms with Crippen LogP contribution in [0.4, 0.5) is 11.4 Å². The molecule has 0 atom stereocenters. The highest BCUT2D eigenvalue weighted by Gasteiger charge is 2.13. The number of carbonyl (C=O) groups excluding carboxylic acids is 1. The van der Waals surface area contributed by atoms with E-state index in [2.05, 4.69) is 34.3 Å². The lowest BCUT2D eigenvalue weighted by atomic mass is 10.2. The quantitative estimate of drug-likeness (QED) is 0.490. The Labute approximate surface area is 179 Å². The average Bonchev–Trinajstić information content (AvgIpc) is 3.19. The summed E-state index contributed by atoms with van der Waals surface area (Å²) >= 11 is 7.33. The summed E-state index contributed by atoms with van der Waals surface area (Å²) in [5, 5.41) is 11.7. The van der Waals surface area contributed by atoms with Crippen LogP contribution in [-0.4, -0.2) is 34.9 Å². The number of thioether (sulfide) groups is 1. The zero-order chi connectivity index (χ0) is 20.8. The van der Waals surface area contributed by atoms with Gasteiger partial charge in [-0.15, -0.1) is 10.2 Å². The number of halogens is 1. The van der Waals surface area contributed by atoms with E-state index >= 15 is 0 Å². The van der Waals surface area contributed by atoms with Crippen LogP contribution in [0.25, 0.3) is 11.5 Å². The van der Waals surface area contributed by atoms with Crippen molar-refractivity contribution in [3.05, 3.63) is 53.1 Å². The Kier molecular flexibility index (Phi) is 7.17. The molecule has 0 spiro atoms. The van der Waals surface area contributed by atoms with Crippen molar-refractivity contribution in [2.45, 2.75) is 26.0 Å². The molecule has 3 aromatic rings. The highest BCUT2D eigenvalue weighted by atomic mass is 35.5. The average molecular weight is 431 g/mol. The van der Waals surface area contributed by atoms with Crippen LogP contribution in [0.15, 0.2) is 52.1 Å². The Balaban J connectivity index is 1.58. The summed E-state index contributed by atoms with van der Waals surface area (Å²) in [4.78, 5) is 14.4. The summed E-state index contributed by atoms with van der Waals surface area (Å²) in [6, 6.07) is 13.5. The second kappa shape index (κ2) is 9.80. The molecule has 1 amide bonds. The van der Waals surface area contributed by atoms with Crippen LogP contribution in [0, 0.1) is 6.92 Å². The molecular weight excluding hydrogens is 408 g/mol. The van der Waals surface area contributed by atoms with Gasteiger partial charge in [-0.2, -0.15) is 0 Å². The van der Waals surface area contributed by atoms with Crippen molar-refractivity contribution in [1.82, 2.24) is 10.2 Å². The Morgan fingerprint density at radius 1 is 1.14 bits per heavy atom. The number of hydrogen-bond acceptors (Lipinski definition) is 6. The molecule has 0 aliphatic carbocycles. The number of nitrogens with one attached hydrogen (secondary N) is 1. The molecule has 152 valence electrons. The highest BCUT2D eigenvalue weighted by Crippen LogP contribution is 2.26. The van der Waals surface area contributed by atoms with E-state index in [1.165, 1.54) is 11.8 Å². The molecule has 3 rings (SSSR count). The summed E-state index contributed by atoms with van der Waals surface area (Å²) in [6.45, 7) is 8.10. The van der Waals surface area contributed by atoms with Crippen molar-refractivity contribution in [3.63, 3.8) is 0 Å². The van der Waals surface area contributed by atoms with E-state index in [1.807, 2.05) is 37.3 Å². The van der Waals surface area contributed by atoms with Crippen molar-refractivity contribution in [2.24, 2.45) is 0 Å². The lowest BCUT2D eigenvalue weighted by molar-refractivity contribution is -0.113. The van der Waals surface area contributed by atoms with E-state index in [-0.39, 0.29) is 11.7 Å². The van der Waals surface area contributed by atoms with Crippen LogP contribution in [0.2, 0.25) is 5.02 Å². The number of aryl methyl sites for hydroxylation is 1. The number of amides is 1. The first-order chi connectivity index (χ1) is 14.0. The standard InChI is InChI=1S/C21H23ClN4O2S/c1-4-26(5-2)16-9-7-15(8-10-16)20-24-25-21(28-20)29-13-19(27)23-18-11-6-14(3)12-17(18)22/h6-12H,4-5,13H2,1-3H3,(H,23,27). The fourth-order valence-electron chi connectivity index (χ4n) is 2.82. The first-order valence-electron chi connectivity index (χ1n) is 9.37. The molecule has 0 unspecified atom stereocenters. The van der Waals surface area contributed by atoms with Crippen LogP contribution in [-0.2, 0) is 4.79 Å². The van der Waals surface area contributed by atoms with Crippen molar-refractivity contribution >= 4 is 40.6 Å². The summed E-state index contributed by atoms with van der Waals surface area (Å²) in [5.74, 6) is 0.386. The lowest BCUT2D eigenvalue weighted by Gasteiger charge is -2.20. The molecule has 0 saturated carbocycles. The molecule has 6 nitrogen and oxygen atoms in total. The first kappa shape index (κ1) is 21.2. The van der Waals surface area contributed by atoms with Crippen molar-refractivity contribution in [2.75, 3.05) is 29.1 Å². The van der Waals surface area contributed by atoms with Gasteiger partial charge >= 0.3 is 0 Å². The van der Waals surface area contributed by atoms with Gasteiger partial charge in [-0.3, -0.25) is 4.79 Å². The predicted molar refractivity (Wildman–Crippen MR) is 119 cm³/mol. The van der Waals surface area contributed by atoms with Gasteiger partial charge in [-0.05, 0) is 62.7 Å². The monoisotopic (exact) mass is 430 g/mol. The molecule has 0 saturated heterocycles. The van der Waals surface area contributed by atoms with Gasteiger partial charge in [0, 0.05) is 24.3 Å². The third-order valence-corrected chi connectivity index (χ3v) is 5.51. The number of rotatable bonds is 8. The van der Waals surface area contributed by atoms with Crippen molar-refractivity contribution in [3.8, 4) is 11.5 Å². The minimum atomic E-state index is -0.191. The van der Waals surface area contributed by atoms with Crippen molar-refractivity contribution in [1.29, 1.82) is 0 Å². The first-order valence-corrected chi connectivity index (χ1v) is 10.7. The number of hydrogen-bond donors (Lipinski definition) is 1. The molecule has 2 aromatic carbocycles. The van der Waals surface area contributed by atoms with Crippen LogP contribution >= 0.6 is 23.4 Å². The highest BCUT2D eigenvalue weighted by molar-refractivity contribution is 7.99. The van der Waals surface area contributed by atoms with E-state index in [0.29, 0.717) is 21.8 Å². The third-order valence-electron chi connectivity index (χ3n) is 4.37. The van der Waals surface area contributed by atoms with Crippen LogP contribution in [0.5, 0.6) is 0 Å². The van der Waals surface area contributed by atoms with Gasteiger partial charge in [0.1, 0.15) is 0 Å². The number of benzene rings is 2. The number of aromatic nitrogens is 2. The zero-order valence-electron chi connectivity index (χ0n) is 16.6. The molecule has 1 aromatic heterocycles. The van der Waals surface area contributed by atoms with E-state index in [4.69, 9.17) is 16.0 Å². The fourth-order valence-corrected chi connectivity index (χ4v) is 3.67. The predicted octanol–water partition coefficient (Wildman–Crippen LogP) is 5.28. The van der Waals surface area contributed by atoms with Gasteiger partial charge < -0.3 is 14.6 Å². The van der Waals surface area contributed by atoms with Gasteiger partial charge in [0.15, 0.2) is 0 Å². The summed E-state index contributed by atoms with van der Waals surface area (Å²) in [7, 11) is 0. The minimum Gasteiger partial charge on any atom is -0.411 e. The molecule has 0 radical (unpaired) electrons. The van der Waals surface area contributed by atoms with Gasteiger partial charge in [0.2, 0.25) is 11.8 Å². The maximum Gasteiger partial charge on any atom is 0.277 e. The Hall–Kier alpha value is -2.51. The van der Waals surface area contributed by atoms with E-state index in [9.17, 15) is 4.79 Å². The topological polar surface area (TPSA) is 71.3 Å².